The molecule has 3 rings (SSSR count). The second kappa shape index (κ2) is 8.41. The molecule has 1 aliphatic heterocycles. The molecule has 0 N–H and O–H groups in total. The molecule has 146 valence electrons. The number of unbranched alkanes of at least 4 members (excludes halogenated alkanes) is 1. The van der Waals surface area contributed by atoms with Crippen molar-refractivity contribution in [2.45, 2.75) is 59.2 Å². The first-order valence-corrected chi connectivity index (χ1v) is 9.69. The maximum atomic E-state index is 12.5. The third-order valence-electron chi connectivity index (χ3n) is 4.85. The molecule has 1 aliphatic rings. The summed E-state index contributed by atoms with van der Waals surface area (Å²) in [4.78, 5) is 26.6. The number of amides is 1. The van der Waals surface area contributed by atoms with Crippen LogP contribution in [-0.4, -0.2) is 44.3 Å². The number of benzene rings is 1. The van der Waals surface area contributed by atoms with Gasteiger partial charge in [-0.3, -0.25) is 9.36 Å². The molecule has 0 aliphatic carbocycles. The van der Waals surface area contributed by atoms with E-state index in [0.717, 1.165) is 36.4 Å². The van der Waals surface area contributed by atoms with Crippen LogP contribution in [0.2, 0.25) is 0 Å². The van der Waals surface area contributed by atoms with E-state index in [1.807, 2.05) is 38.1 Å². The number of hydrogen-bond acceptors (Lipinski definition) is 4. The monoisotopic (exact) mass is 372 g/mol. The zero-order valence-electron chi connectivity index (χ0n) is 16.4. The van der Waals surface area contributed by atoms with Crippen molar-refractivity contribution in [2.24, 2.45) is 0 Å². The van der Waals surface area contributed by atoms with E-state index >= 15 is 0 Å². The van der Waals surface area contributed by atoms with Gasteiger partial charge in [-0.1, -0.05) is 25.5 Å². The summed E-state index contributed by atoms with van der Waals surface area (Å²) in [6, 6.07) is 7.88. The first-order chi connectivity index (χ1) is 13.0. The maximum absolute atomic E-state index is 12.5. The largest absolute Gasteiger partial charge is 0.487 e. The quantitative estimate of drug-likeness (QED) is 0.711. The lowest BCUT2D eigenvalue weighted by molar-refractivity contribution is -0.140. The molecule has 1 aromatic carbocycles. The average molecular weight is 372 g/mol. The predicted molar refractivity (Wildman–Crippen MR) is 103 cm³/mol. The molecule has 0 unspecified atom stereocenters. The molecule has 0 spiro atoms. The fourth-order valence-corrected chi connectivity index (χ4v) is 3.25. The number of likely N-dealkylation sites (tertiary alicyclic amines) is 1. The van der Waals surface area contributed by atoms with Gasteiger partial charge in [-0.2, -0.15) is 5.10 Å². The Balaban J connectivity index is 1.56. The summed E-state index contributed by atoms with van der Waals surface area (Å²) < 4.78 is 8.84. The number of aromatic nitrogens is 3. The number of aryl methyl sites for hydroxylation is 2. The summed E-state index contributed by atoms with van der Waals surface area (Å²) in [5, 5.41) is 4.38. The minimum absolute atomic E-state index is 0.000728. The lowest BCUT2D eigenvalue weighted by Gasteiger charge is -2.38. The molecule has 2 aromatic rings. The Labute approximate surface area is 159 Å². The average Bonchev–Trinajstić information content (AvgIpc) is 2.90. The van der Waals surface area contributed by atoms with Crippen LogP contribution in [0, 0.1) is 6.92 Å². The minimum Gasteiger partial charge on any atom is -0.487 e. The Kier molecular flexibility index (Phi) is 5.98. The second-order valence-electron chi connectivity index (χ2n) is 7.06. The maximum Gasteiger partial charge on any atom is 0.346 e. The fraction of sp³-hybridized carbons (Fsp3) is 0.550. The van der Waals surface area contributed by atoms with Crippen molar-refractivity contribution < 1.29 is 9.53 Å². The number of nitrogens with zero attached hydrogens (tertiary/aromatic N) is 4. The van der Waals surface area contributed by atoms with Crippen molar-refractivity contribution in [3.63, 3.8) is 0 Å². The van der Waals surface area contributed by atoms with E-state index in [1.165, 1.54) is 4.68 Å². The third-order valence-corrected chi connectivity index (χ3v) is 4.85. The van der Waals surface area contributed by atoms with E-state index in [9.17, 15) is 9.59 Å². The summed E-state index contributed by atoms with van der Waals surface area (Å²) in [6.45, 7) is 7.69. The second-order valence-corrected chi connectivity index (χ2v) is 7.06. The van der Waals surface area contributed by atoms with Gasteiger partial charge in [0.25, 0.3) is 0 Å². The molecule has 1 amide bonds. The standard InChI is InChI=1S/C20H28N4O3/c1-4-6-10-18-21-24(20(26)23(18)5-2)14-19(25)22-12-17(13-22)27-16-9-7-8-15(3)11-16/h7-9,11,17H,4-6,10,12-14H2,1-3H3. The lowest BCUT2D eigenvalue weighted by atomic mass is 10.1. The van der Waals surface area contributed by atoms with Gasteiger partial charge >= 0.3 is 5.69 Å². The van der Waals surface area contributed by atoms with Crippen LogP contribution in [0.15, 0.2) is 29.1 Å². The molecule has 0 atom stereocenters. The molecule has 1 aromatic heterocycles. The highest BCUT2D eigenvalue weighted by molar-refractivity contribution is 5.76. The van der Waals surface area contributed by atoms with Crippen LogP contribution in [0.25, 0.3) is 0 Å². The van der Waals surface area contributed by atoms with Gasteiger partial charge in [0.1, 0.15) is 24.2 Å². The molecule has 1 saturated heterocycles. The topological polar surface area (TPSA) is 69.4 Å². The Morgan fingerprint density at radius 1 is 1.30 bits per heavy atom. The highest BCUT2D eigenvalue weighted by Gasteiger charge is 2.32. The van der Waals surface area contributed by atoms with Gasteiger partial charge in [-0.15, -0.1) is 0 Å². The Bertz CT molecular complexity index is 849. The van der Waals surface area contributed by atoms with Gasteiger partial charge < -0.3 is 9.64 Å². The molecule has 0 saturated carbocycles. The number of rotatable bonds is 8. The van der Waals surface area contributed by atoms with E-state index in [2.05, 4.69) is 12.0 Å². The van der Waals surface area contributed by atoms with Gasteiger partial charge in [-0.05, 0) is 38.0 Å². The SMILES string of the molecule is CCCCc1nn(CC(=O)N2CC(Oc3cccc(C)c3)C2)c(=O)n1CC. The molecule has 7 heteroatoms. The van der Waals surface area contributed by atoms with Crippen molar-refractivity contribution in [1.82, 2.24) is 19.2 Å². The van der Waals surface area contributed by atoms with Crippen LogP contribution in [0.4, 0.5) is 0 Å². The lowest BCUT2D eigenvalue weighted by Crippen LogP contribution is -2.57. The van der Waals surface area contributed by atoms with Gasteiger partial charge in [0, 0.05) is 13.0 Å². The summed E-state index contributed by atoms with van der Waals surface area (Å²) in [6.07, 6.45) is 2.78. The van der Waals surface area contributed by atoms with Gasteiger partial charge in [0.2, 0.25) is 5.91 Å². The number of carbonyl (C=O) groups is 1. The van der Waals surface area contributed by atoms with Crippen LogP contribution in [0.5, 0.6) is 5.75 Å². The van der Waals surface area contributed by atoms with Crippen molar-refractivity contribution in [3.8, 4) is 5.75 Å². The third kappa shape index (κ3) is 4.40. The van der Waals surface area contributed by atoms with Crippen LogP contribution < -0.4 is 10.4 Å². The number of ether oxygens (including phenoxy) is 1. The minimum atomic E-state index is -0.204. The summed E-state index contributed by atoms with van der Waals surface area (Å²) in [5.74, 6) is 1.50. The van der Waals surface area contributed by atoms with Crippen LogP contribution in [0.3, 0.4) is 0 Å². The molecular weight excluding hydrogens is 344 g/mol. The first-order valence-electron chi connectivity index (χ1n) is 9.69. The van der Waals surface area contributed by atoms with Crippen molar-refractivity contribution in [2.75, 3.05) is 13.1 Å². The Morgan fingerprint density at radius 2 is 2.07 bits per heavy atom. The van der Waals surface area contributed by atoms with Gasteiger partial charge in [0.15, 0.2) is 0 Å². The van der Waals surface area contributed by atoms with Crippen molar-refractivity contribution in [1.29, 1.82) is 0 Å². The van der Waals surface area contributed by atoms with Crippen LogP contribution >= 0.6 is 0 Å². The van der Waals surface area contributed by atoms with E-state index in [-0.39, 0.29) is 24.2 Å². The molecule has 2 heterocycles. The van der Waals surface area contributed by atoms with E-state index in [0.29, 0.717) is 19.6 Å². The summed E-state index contributed by atoms with van der Waals surface area (Å²) in [7, 11) is 0. The molecule has 0 radical (unpaired) electrons. The first kappa shape index (κ1) is 19.2. The van der Waals surface area contributed by atoms with E-state index < -0.39 is 0 Å². The number of carbonyl (C=O) groups excluding carboxylic acids is 1. The Hall–Kier alpha value is -2.57. The fourth-order valence-electron chi connectivity index (χ4n) is 3.25. The van der Waals surface area contributed by atoms with Crippen molar-refractivity contribution in [3.05, 3.63) is 46.1 Å². The van der Waals surface area contributed by atoms with Crippen LogP contribution in [0.1, 0.15) is 38.1 Å². The van der Waals surface area contributed by atoms with E-state index in [1.54, 1.807) is 9.47 Å². The van der Waals surface area contributed by atoms with Gasteiger partial charge in [0.05, 0.1) is 13.1 Å². The highest BCUT2D eigenvalue weighted by atomic mass is 16.5. The molecule has 7 nitrogen and oxygen atoms in total. The van der Waals surface area contributed by atoms with E-state index in [4.69, 9.17) is 4.74 Å². The summed E-state index contributed by atoms with van der Waals surface area (Å²) >= 11 is 0. The van der Waals surface area contributed by atoms with Crippen LogP contribution in [-0.2, 0) is 24.3 Å². The zero-order valence-corrected chi connectivity index (χ0v) is 16.4. The molecule has 27 heavy (non-hydrogen) atoms. The normalized spacial score (nSPS) is 14.3. The van der Waals surface area contributed by atoms with Crippen molar-refractivity contribution >= 4 is 5.91 Å². The predicted octanol–water partition coefficient (Wildman–Crippen LogP) is 2.01. The smallest absolute Gasteiger partial charge is 0.346 e. The highest BCUT2D eigenvalue weighted by Crippen LogP contribution is 2.19. The molecular formula is C20H28N4O3. The zero-order chi connectivity index (χ0) is 19.4. The number of hydrogen-bond donors (Lipinski definition) is 0. The molecule has 1 fully saturated rings. The Morgan fingerprint density at radius 3 is 2.74 bits per heavy atom. The van der Waals surface area contributed by atoms with Gasteiger partial charge in [-0.25, -0.2) is 9.48 Å². The summed E-state index contributed by atoms with van der Waals surface area (Å²) in [5.41, 5.74) is 0.939. The molecule has 0 bridgehead atoms.